The van der Waals surface area contributed by atoms with E-state index in [-0.39, 0.29) is 53.7 Å². The summed E-state index contributed by atoms with van der Waals surface area (Å²) in [5, 5.41) is 14.0. The topological polar surface area (TPSA) is 227 Å². The molecule has 3 fully saturated rings. The number of rotatable bonds is 23. The number of piperidine rings is 2. The molecule has 0 bridgehead atoms. The number of nitrogens with one attached hydrogen (secondary N) is 5. The molecular formula is C56H74ClN13O5. The summed E-state index contributed by atoms with van der Waals surface area (Å²) < 4.78 is 0. The maximum absolute atomic E-state index is 14.0. The van der Waals surface area contributed by atoms with Crippen LogP contribution in [0, 0.1) is 5.92 Å². The molecule has 19 heteroatoms. The number of hydrogen-bond acceptors (Lipinski definition) is 12. The zero-order valence-electron chi connectivity index (χ0n) is 43.6. The number of aryl methyl sites for hydroxylation is 1. The Kier molecular flexibility index (Phi) is 19.2. The molecule has 0 spiro atoms. The van der Waals surface area contributed by atoms with Gasteiger partial charge in [-0.25, -0.2) is 15.0 Å². The molecule has 7 N–H and O–H groups in total. The fourth-order valence-electron chi connectivity index (χ4n) is 10.3. The summed E-state index contributed by atoms with van der Waals surface area (Å²) in [6.07, 6.45) is 13.8. The molecule has 5 amide bonds. The van der Waals surface area contributed by atoms with Gasteiger partial charge in [-0.15, -0.1) is 0 Å². The van der Waals surface area contributed by atoms with Crippen LogP contribution in [0.25, 0.3) is 22.2 Å². The first-order valence-electron chi connectivity index (χ1n) is 26.9. The Morgan fingerprint density at radius 1 is 0.893 bits per heavy atom. The van der Waals surface area contributed by atoms with Crippen molar-refractivity contribution in [3.63, 3.8) is 0 Å². The van der Waals surface area contributed by atoms with Gasteiger partial charge >= 0.3 is 0 Å². The molecule has 6 heterocycles. The highest BCUT2D eigenvalue weighted by Gasteiger charge is 2.39. The van der Waals surface area contributed by atoms with Crippen molar-refractivity contribution in [2.75, 3.05) is 89.3 Å². The van der Waals surface area contributed by atoms with Crippen LogP contribution in [0.5, 0.6) is 0 Å². The third-order valence-electron chi connectivity index (χ3n) is 15.2. The van der Waals surface area contributed by atoms with Gasteiger partial charge in [0.15, 0.2) is 5.69 Å². The summed E-state index contributed by atoms with van der Waals surface area (Å²) in [7, 11) is 1.81. The number of H-pyrrole nitrogens is 1. The average molecular weight is 1040 g/mol. The van der Waals surface area contributed by atoms with Crippen LogP contribution in [0.4, 0.5) is 11.5 Å². The van der Waals surface area contributed by atoms with Crippen LogP contribution in [0.1, 0.15) is 105 Å². The standard InChI is InChI=1S/C56H74ClN13O5/c1-3-39-10-9-11-42(32-39)43-34-47(65-48(71)37-59-35-40-18-24-67(2)50(73)33-40)51(62-36-43)54(74)61-22-8-6-4-5-7-12-49(72)69-30-28-68(29-31-69)25-19-46(41-13-15-44(57)16-14-41)66-55(75)56(58)20-26-70(27-21-56)53-45-17-23-60-52(45)63-38-64-53/h9-11,13-17,23,32,34,36,38,40,46,59H,3-8,12,18-22,24-31,33,35,37,58H2,1-2H3,(H,61,74)(H,65,71)(H,66,75)(H,60,63,64). The Morgan fingerprint density at radius 3 is 2.44 bits per heavy atom. The van der Waals surface area contributed by atoms with E-state index >= 15 is 0 Å². The zero-order chi connectivity index (χ0) is 52.7. The Bertz CT molecular complexity index is 2740. The molecule has 0 radical (unpaired) electrons. The number of piperazine rings is 1. The number of pyridine rings is 1. The van der Waals surface area contributed by atoms with Gasteiger partial charge in [0.05, 0.1) is 29.2 Å². The number of carbonyl (C=O) groups is 5. The monoisotopic (exact) mass is 1040 g/mol. The third kappa shape index (κ3) is 14.9. The van der Waals surface area contributed by atoms with E-state index in [1.54, 1.807) is 23.5 Å². The Labute approximate surface area is 445 Å². The van der Waals surface area contributed by atoms with Gasteiger partial charge in [-0.05, 0) is 98.4 Å². The number of benzene rings is 2. The fraction of sp³-hybridized carbons (Fsp3) is 0.500. The van der Waals surface area contributed by atoms with Crippen molar-refractivity contribution in [2.45, 2.75) is 95.6 Å². The third-order valence-corrected chi connectivity index (χ3v) is 15.4. The van der Waals surface area contributed by atoms with E-state index in [1.807, 2.05) is 60.6 Å². The number of likely N-dealkylation sites (tertiary alicyclic amines) is 1. The van der Waals surface area contributed by atoms with Crippen molar-refractivity contribution < 1.29 is 24.0 Å². The maximum atomic E-state index is 14.0. The molecule has 75 heavy (non-hydrogen) atoms. The largest absolute Gasteiger partial charge is 0.356 e. The highest BCUT2D eigenvalue weighted by atomic mass is 35.5. The highest BCUT2D eigenvalue weighted by Crippen LogP contribution is 2.30. The molecule has 18 nitrogen and oxygen atoms in total. The van der Waals surface area contributed by atoms with Crippen LogP contribution in [-0.2, 0) is 25.6 Å². The molecular weight excluding hydrogens is 970 g/mol. The minimum atomic E-state index is -1.02. The van der Waals surface area contributed by atoms with Gasteiger partial charge < -0.3 is 46.7 Å². The van der Waals surface area contributed by atoms with E-state index in [0.29, 0.717) is 88.6 Å². The molecule has 0 saturated carbocycles. The lowest BCUT2D eigenvalue weighted by Gasteiger charge is -2.39. The van der Waals surface area contributed by atoms with Gasteiger partial charge in [0.2, 0.25) is 23.6 Å². The number of aromatic amines is 1. The first-order chi connectivity index (χ1) is 36.3. The fourth-order valence-corrected chi connectivity index (χ4v) is 10.4. The number of carbonyl (C=O) groups excluding carboxylic acids is 5. The second-order valence-corrected chi connectivity index (χ2v) is 20.9. The minimum Gasteiger partial charge on any atom is -0.356 e. The predicted molar refractivity (Wildman–Crippen MR) is 293 cm³/mol. The van der Waals surface area contributed by atoms with Crippen molar-refractivity contribution in [2.24, 2.45) is 11.7 Å². The van der Waals surface area contributed by atoms with E-state index in [1.165, 1.54) is 5.56 Å². The quantitative estimate of drug-likeness (QED) is 0.0409. The number of nitrogens with zero attached hydrogens (tertiary/aromatic N) is 7. The lowest BCUT2D eigenvalue weighted by Crippen LogP contribution is -2.60. The van der Waals surface area contributed by atoms with E-state index in [0.717, 1.165) is 98.1 Å². The van der Waals surface area contributed by atoms with Crippen LogP contribution in [-0.4, -0.2) is 149 Å². The number of hydrogen-bond donors (Lipinski definition) is 6. The number of unbranched alkanes of at least 4 members (excludes halogenated alkanes) is 4. The Morgan fingerprint density at radius 2 is 1.67 bits per heavy atom. The van der Waals surface area contributed by atoms with Crippen LogP contribution < -0.4 is 31.9 Å². The highest BCUT2D eigenvalue weighted by molar-refractivity contribution is 6.30. The van der Waals surface area contributed by atoms with Crippen molar-refractivity contribution in [1.29, 1.82) is 0 Å². The first kappa shape index (κ1) is 54.8. The molecule has 3 aliphatic rings. The number of halogens is 1. The van der Waals surface area contributed by atoms with E-state index in [4.69, 9.17) is 17.3 Å². The second-order valence-electron chi connectivity index (χ2n) is 20.5. The van der Waals surface area contributed by atoms with Gasteiger partial charge in [-0.3, -0.25) is 28.9 Å². The van der Waals surface area contributed by atoms with Gasteiger partial charge in [0.25, 0.3) is 5.91 Å². The smallest absolute Gasteiger partial charge is 0.272 e. The van der Waals surface area contributed by atoms with Crippen molar-refractivity contribution >= 4 is 63.7 Å². The van der Waals surface area contributed by atoms with E-state index in [9.17, 15) is 24.0 Å². The number of nitrogens with two attached hydrogens (primary N) is 1. The SMILES string of the molecule is CCc1cccc(-c2cnc(C(=O)NCCCCCCCC(=O)N3CCN(CCC(NC(=O)C4(N)CCN(c5ncnc6[nH]ccc56)CC4)c4ccc(Cl)cc4)CC3)c(NC(=O)CNCC3CCN(C)C(=O)C3)c2)c1. The van der Waals surface area contributed by atoms with Crippen molar-refractivity contribution in [1.82, 2.24) is 50.6 Å². The molecule has 2 unspecified atom stereocenters. The van der Waals surface area contributed by atoms with E-state index in [2.05, 4.69) is 70.1 Å². The predicted octanol–water partition coefficient (Wildman–Crippen LogP) is 6.09. The lowest BCUT2D eigenvalue weighted by molar-refractivity contribution is -0.134. The second kappa shape index (κ2) is 26.3. The summed E-state index contributed by atoms with van der Waals surface area (Å²) in [6, 6.07) is 19.2. The van der Waals surface area contributed by atoms with Crippen molar-refractivity contribution in [3.8, 4) is 11.1 Å². The Hall–Kier alpha value is -6.47. The normalized spacial score (nSPS) is 17.5. The Balaban J connectivity index is 0.730. The summed E-state index contributed by atoms with van der Waals surface area (Å²) >= 11 is 6.26. The number of aromatic nitrogens is 4. The maximum Gasteiger partial charge on any atom is 0.272 e. The summed E-state index contributed by atoms with van der Waals surface area (Å²) in [5.41, 5.74) is 11.0. The molecule has 2 aromatic carbocycles. The molecule has 8 rings (SSSR count). The van der Waals surface area contributed by atoms with Crippen LogP contribution in [0.15, 0.2) is 79.4 Å². The number of anilines is 2. The first-order valence-corrected chi connectivity index (χ1v) is 27.2. The van der Waals surface area contributed by atoms with Gasteiger partial charge in [-0.1, -0.05) is 74.2 Å². The molecule has 3 saturated heterocycles. The molecule has 400 valence electrons. The van der Waals surface area contributed by atoms with Crippen LogP contribution in [0.3, 0.4) is 0 Å². The van der Waals surface area contributed by atoms with Crippen molar-refractivity contribution in [3.05, 3.63) is 101 Å². The molecule has 5 aromatic rings. The van der Waals surface area contributed by atoms with Crippen LogP contribution >= 0.6 is 11.6 Å². The molecule has 3 aromatic heterocycles. The van der Waals surface area contributed by atoms with Gasteiger partial charge in [0, 0.05) is 102 Å². The minimum absolute atomic E-state index is 0.0406. The zero-order valence-corrected chi connectivity index (χ0v) is 44.3. The van der Waals surface area contributed by atoms with Crippen LogP contribution in [0.2, 0.25) is 5.02 Å². The summed E-state index contributed by atoms with van der Waals surface area (Å²) in [6.45, 7) is 8.63. The average Bonchev–Trinajstić information content (AvgIpc) is 3.92. The molecule has 3 aliphatic heterocycles. The molecule has 2 atom stereocenters. The lowest BCUT2D eigenvalue weighted by atomic mass is 9.87. The van der Waals surface area contributed by atoms with E-state index < -0.39 is 5.54 Å². The van der Waals surface area contributed by atoms with Gasteiger partial charge in [-0.2, -0.15) is 0 Å². The number of amides is 5. The van der Waals surface area contributed by atoms with Gasteiger partial charge in [0.1, 0.15) is 17.8 Å². The molecule has 0 aliphatic carbocycles. The number of fused-ring (bicyclic) bond motifs is 1. The summed E-state index contributed by atoms with van der Waals surface area (Å²) in [4.78, 5) is 90.8. The summed E-state index contributed by atoms with van der Waals surface area (Å²) in [5.74, 6) is 0.492.